The van der Waals surface area contributed by atoms with E-state index in [0.717, 1.165) is 0 Å². The Kier molecular flexibility index (Phi) is 7.48. The summed E-state index contributed by atoms with van der Waals surface area (Å²) in [6.45, 7) is 10.0. The van der Waals surface area contributed by atoms with Crippen LogP contribution >= 0.6 is 11.6 Å². The van der Waals surface area contributed by atoms with Gasteiger partial charge in [-0.3, -0.25) is 14.4 Å². The molecule has 34 heavy (non-hydrogen) atoms. The average molecular weight is 504 g/mol. The molecule has 2 heterocycles. The maximum absolute atomic E-state index is 12.0. The van der Waals surface area contributed by atoms with E-state index in [-0.39, 0.29) is 11.8 Å². The van der Waals surface area contributed by atoms with Gasteiger partial charge in [-0.05, 0) is 0 Å². The maximum Gasteiger partial charge on any atom is 0.303 e. The van der Waals surface area contributed by atoms with Crippen molar-refractivity contribution in [1.82, 2.24) is 14.5 Å². The molecule has 2 aromatic heterocycles. The number of nitrogens with zero attached hydrogens (tertiary/aromatic N) is 3. The van der Waals surface area contributed by atoms with Gasteiger partial charge in [0.2, 0.25) is 0 Å². The monoisotopic (exact) mass is 503 g/mol. The molecule has 180 valence electrons. The van der Waals surface area contributed by atoms with Gasteiger partial charge < -0.3 is 18.8 Å². The van der Waals surface area contributed by atoms with Gasteiger partial charge in [0.1, 0.15) is 31.8 Å². The Morgan fingerprint density at radius 2 is 1.76 bits per heavy atom. The van der Waals surface area contributed by atoms with E-state index in [2.05, 4.69) is 41.1 Å². The Bertz CT molecular complexity index is 1240. The molecule has 0 amide bonds. The van der Waals surface area contributed by atoms with E-state index < -0.39 is 44.2 Å². The maximum atomic E-state index is 12.0. The number of fused-ring (bicyclic) bond motifs is 1. The summed E-state index contributed by atoms with van der Waals surface area (Å²) in [5.74, 6) is 1.58. The van der Waals surface area contributed by atoms with Crippen molar-refractivity contribution in [1.29, 1.82) is 0 Å². The SMILES string of the molecule is CC(=O)OCC1=C[C@@H](n2cc(C#C[Si](C)(C)C)c3c(Cl)ncnc32)[C@H](OC(C)=O)[C@@H]1OC(C)=O. The van der Waals surface area contributed by atoms with Crippen LogP contribution in [0.25, 0.3) is 11.0 Å². The van der Waals surface area contributed by atoms with Crippen LogP contribution in [0.15, 0.2) is 24.2 Å². The Morgan fingerprint density at radius 1 is 1.09 bits per heavy atom. The van der Waals surface area contributed by atoms with Gasteiger partial charge in [0.05, 0.1) is 17.0 Å². The molecule has 0 aliphatic heterocycles. The van der Waals surface area contributed by atoms with E-state index in [9.17, 15) is 14.4 Å². The second-order valence-electron chi connectivity index (χ2n) is 8.93. The van der Waals surface area contributed by atoms with Crippen LogP contribution < -0.4 is 0 Å². The average Bonchev–Trinajstić information content (AvgIpc) is 3.23. The minimum atomic E-state index is -1.71. The third kappa shape index (κ3) is 5.84. The summed E-state index contributed by atoms with van der Waals surface area (Å²) < 4.78 is 18.0. The van der Waals surface area contributed by atoms with Gasteiger partial charge in [-0.1, -0.05) is 43.2 Å². The van der Waals surface area contributed by atoms with Gasteiger partial charge in [0.25, 0.3) is 0 Å². The molecule has 0 fully saturated rings. The smallest absolute Gasteiger partial charge is 0.303 e. The lowest BCUT2D eigenvalue weighted by Crippen LogP contribution is -2.37. The number of rotatable bonds is 5. The highest BCUT2D eigenvalue weighted by atomic mass is 35.5. The number of esters is 3. The summed E-state index contributed by atoms with van der Waals surface area (Å²) in [5.41, 5.74) is 4.91. The van der Waals surface area contributed by atoms with Crippen LogP contribution in [-0.2, 0) is 28.6 Å². The second kappa shape index (κ2) is 9.99. The molecule has 11 heteroatoms. The number of carbonyl (C=O) groups is 3. The quantitative estimate of drug-likeness (QED) is 0.153. The molecule has 0 saturated heterocycles. The van der Waals surface area contributed by atoms with Crippen molar-refractivity contribution in [2.45, 2.75) is 58.7 Å². The first-order valence-electron chi connectivity index (χ1n) is 10.6. The zero-order valence-electron chi connectivity index (χ0n) is 19.8. The summed E-state index contributed by atoms with van der Waals surface area (Å²) in [6, 6.07) is -0.630. The summed E-state index contributed by atoms with van der Waals surface area (Å²) in [4.78, 5) is 43.7. The predicted octanol–water partition coefficient (Wildman–Crippen LogP) is 3.22. The summed E-state index contributed by atoms with van der Waals surface area (Å²) in [7, 11) is -1.71. The summed E-state index contributed by atoms with van der Waals surface area (Å²) in [5, 5.41) is 0.814. The lowest BCUT2D eigenvalue weighted by Gasteiger charge is -2.26. The molecular weight excluding hydrogens is 478 g/mol. The highest BCUT2D eigenvalue weighted by Crippen LogP contribution is 2.38. The van der Waals surface area contributed by atoms with Gasteiger partial charge in [0.15, 0.2) is 12.2 Å². The predicted molar refractivity (Wildman–Crippen MR) is 128 cm³/mol. The topological polar surface area (TPSA) is 110 Å². The highest BCUT2D eigenvalue weighted by molar-refractivity contribution is 6.83. The molecule has 0 saturated carbocycles. The molecule has 3 rings (SSSR count). The van der Waals surface area contributed by atoms with E-state index >= 15 is 0 Å². The van der Waals surface area contributed by atoms with Crippen LogP contribution in [0.5, 0.6) is 0 Å². The van der Waals surface area contributed by atoms with Crippen molar-refractivity contribution < 1.29 is 28.6 Å². The third-order valence-corrected chi connectivity index (χ3v) is 6.04. The number of hydrogen-bond donors (Lipinski definition) is 0. The molecule has 0 aromatic carbocycles. The zero-order chi connectivity index (χ0) is 25.2. The van der Waals surface area contributed by atoms with E-state index in [1.54, 1.807) is 16.8 Å². The van der Waals surface area contributed by atoms with Gasteiger partial charge in [-0.25, -0.2) is 9.97 Å². The fourth-order valence-electron chi connectivity index (χ4n) is 3.62. The van der Waals surface area contributed by atoms with Gasteiger partial charge in [0, 0.05) is 32.5 Å². The highest BCUT2D eigenvalue weighted by Gasteiger charge is 2.44. The Hall–Kier alpha value is -3.16. The van der Waals surface area contributed by atoms with Gasteiger partial charge >= 0.3 is 17.9 Å². The first-order valence-corrected chi connectivity index (χ1v) is 14.5. The van der Waals surface area contributed by atoms with Crippen molar-refractivity contribution >= 4 is 48.6 Å². The molecule has 1 aliphatic rings. The van der Waals surface area contributed by atoms with Crippen LogP contribution in [-0.4, -0.2) is 59.3 Å². The van der Waals surface area contributed by atoms with Crippen LogP contribution in [0.2, 0.25) is 24.8 Å². The molecule has 0 unspecified atom stereocenters. The fraction of sp³-hybridized carbons (Fsp3) is 0.435. The third-order valence-electron chi connectivity index (χ3n) is 4.88. The van der Waals surface area contributed by atoms with Crippen LogP contribution in [0.3, 0.4) is 0 Å². The molecule has 2 aromatic rings. The number of carbonyl (C=O) groups excluding carboxylic acids is 3. The Labute approximate surface area is 203 Å². The van der Waals surface area contributed by atoms with Crippen LogP contribution in [0, 0.1) is 11.5 Å². The molecule has 0 N–H and O–H groups in total. The van der Waals surface area contributed by atoms with E-state index in [4.69, 9.17) is 25.8 Å². The first-order chi connectivity index (χ1) is 15.9. The zero-order valence-corrected chi connectivity index (χ0v) is 21.6. The van der Waals surface area contributed by atoms with Crippen LogP contribution in [0.1, 0.15) is 32.4 Å². The van der Waals surface area contributed by atoms with Crippen LogP contribution in [0.4, 0.5) is 0 Å². The molecule has 0 radical (unpaired) electrons. The minimum Gasteiger partial charge on any atom is -0.461 e. The van der Waals surface area contributed by atoms with Crippen molar-refractivity contribution in [3.8, 4) is 11.5 Å². The summed E-state index contributed by atoms with van der Waals surface area (Å²) >= 11 is 6.42. The lowest BCUT2D eigenvalue weighted by molar-refractivity contribution is -0.163. The molecule has 0 spiro atoms. The van der Waals surface area contributed by atoms with E-state index in [1.165, 1.54) is 27.1 Å². The van der Waals surface area contributed by atoms with Crippen molar-refractivity contribution in [3.05, 3.63) is 34.9 Å². The van der Waals surface area contributed by atoms with Crippen molar-refractivity contribution in [2.75, 3.05) is 6.61 Å². The van der Waals surface area contributed by atoms with Crippen molar-refractivity contribution in [3.63, 3.8) is 0 Å². The number of ether oxygens (including phenoxy) is 3. The summed E-state index contributed by atoms with van der Waals surface area (Å²) in [6.07, 6.45) is 2.98. The number of halogens is 1. The van der Waals surface area contributed by atoms with E-state index in [1.807, 2.05) is 0 Å². The standard InChI is InChI=1S/C23H26ClN3O6Si/c1-13(28)31-11-17-9-18(21(33-15(3)30)20(17)32-14(2)29)27-10-16(7-8-34(4,5)6)19-22(24)25-12-26-23(19)27/h9-10,12,18,20-21H,11H2,1-6H3/t18-,20-,21+/m1/s1. The van der Waals surface area contributed by atoms with E-state index in [0.29, 0.717) is 22.2 Å². The Morgan fingerprint density at radius 3 is 2.35 bits per heavy atom. The Balaban J connectivity index is 2.19. The largest absolute Gasteiger partial charge is 0.461 e. The van der Waals surface area contributed by atoms with Crippen molar-refractivity contribution in [2.24, 2.45) is 0 Å². The lowest BCUT2D eigenvalue weighted by atomic mass is 10.1. The molecular formula is C23H26ClN3O6Si. The number of aromatic nitrogens is 3. The van der Waals surface area contributed by atoms with Gasteiger partial charge in [-0.2, -0.15) is 0 Å². The normalized spacial score (nSPS) is 19.7. The molecule has 3 atom stereocenters. The molecule has 1 aliphatic carbocycles. The molecule has 0 bridgehead atoms. The number of hydrogen-bond acceptors (Lipinski definition) is 8. The second-order valence-corrected chi connectivity index (χ2v) is 14.0. The van der Waals surface area contributed by atoms with Gasteiger partial charge in [-0.15, -0.1) is 5.54 Å². The first kappa shape index (κ1) is 25.5. The fourth-order valence-corrected chi connectivity index (χ4v) is 4.36. The molecule has 9 nitrogen and oxygen atoms in total. The minimum absolute atomic E-state index is 0.126.